The van der Waals surface area contributed by atoms with Crippen LogP contribution in [0.25, 0.3) is 0 Å². The number of aryl methyl sites for hydroxylation is 3. The van der Waals surface area contributed by atoms with Crippen molar-refractivity contribution in [1.82, 2.24) is 9.97 Å². The van der Waals surface area contributed by atoms with Gasteiger partial charge in [0.15, 0.2) is 0 Å². The fourth-order valence-electron chi connectivity index (χ4n) is 2.52. The standard InChI is InChI=1S/C16H19N3O/c1-11-6-7-14(10-18-11)20-16-13(9-17)8-12-4-2-3-5-15(12)19-16/h6-8,10H,2-5,9,17H2,1H3. The summed E-state index contributed by atoms with van der Waals surface area (Å²) in [5.41, 5.74) is 10.2. The molecular weight excluding hydrogens is 250 g/mol. The van der Waals surface area contributed by atoms with E-state index >= 15 is 0 Å². The van der Waals surface area contributed by atoms with E-state index in [1.165, 1.54) is 18.4 Å². The van der Waals surface area contributed by atoms with E-state index in [1.807, 2.05) is 19.1 Å². The minimum Gasteiger partial charge on any atom is -0.437 e. The maximum Gasteiger partial charge on any atom is 0.224 e. The Kier molecular flexibility index (Phi) is 3.65. The largest absolute Gasteiger partial charge is 0.437 e. The first-order valence-electron chi connectivity index (χ1n) is 7.08. The van der Waals surface area contributed by atoms with E-state index in [0.29, 0.717) is 18.2 Å². The Morgan fingerprint density at radius 1 is 1.25 bits per heavy atom. The Morgan fingerprint density at radius 2 is 2.10 bits per heavy atom. The molecule has 4 nitrogen and oxygen atoms in total. The molecule has 3 rings (SSSR count). The molecule has 0 spiro atoms. The molecule has 0 bridgehead atoms. The maximum absolute atomic E-state index is 5.87. The molecule has 0 amide bonds. The van der Waals surface area contributed by atoms with Crippen LogP contribution in [-0.4, -0.2) is 9.97 Å². The molecule has 2 aromatic heterocycles. The Hall–Kier alpha value is -1.94. The van der Waals surface area contributed by atoms with Crippen LogP contribution in [0.4, 0.5) is 0 Å². The van der Waals surface area contributed by atoms with Gasteiger partial charge in [-0.3, -0.25) is 4.98 Å². The van der Waals surface area contributed by atoms with Gasteiger partial charge >= 0.3 is 0 Å². The fraction of sp³-hybridized carbons (Fsp3) is 0.375. The Labute approximate surface area is 119 Å². The van der Waals surface area contributed by atoms with Crippen molar-refractivity contribution in [3.63, 3.8) is 0 Å². The Bertz CT molecular complexity index is 608. The number of ether oxygens (including phenoxy) is 1. The van der Waals surface area contributed by atoms with Gasteiger partial charge < -0.3 is 10.5 Å². The highest BCUT2D eigenvalue weighted by atomic mass is 16.5. The van der Waals surface area contributed by atoms with Crippen LogP contribution in [0.3, 0.4) is 0 Å². The molecule has 0 saturated carbocycles. The number of pyridine rings is 2. The van der Waals surface area contributed by atoms with Crippen LogP contribution in [0.5, 0.6) is 11.6 Å². The van der Waals surface area contributed by atoms with E-state index in [1.54, 1.807) is 6.20 Å². The predicted molar refractivity (Wildman–Crippen MR) is 77.8 cm³/mol. The first kappa shape index (κ1) is 13.1. The fourth-order valence-corrected chi connectivity index (χ4v) is 2.52. The summed E-state index contributed by atoms with van der Waals surface area (Å²) in [7, 11) is 0. The second-order valence-electron chi connectivity index (χ2n) is 5.21. The van der Waals surface area contributed by atoms with Crippen molar-refractivity contribution in [1.29, 1.82) is 0 Å². The van der Waals surface area contributed by atoms with E-state index in [-0.39, 0.29) is 0 Å². The van der Waals surface area contributed by atoms with Gasteiger partial charge in [0, 0.05) is 23.5 Å². The second-order valence-corrected chi connectivity index (χ2v) is 5.21. The Morgan fingerprint density at radius 3 is 2.85 bits per heavy atom. The summed E-state index contributed by atoms with van der Waals surface area (Å²) < 4.78 is 5.87. The van der Waals surface area contributed by atoms with Crippen molar-refractivity contribution in [3.05, 3.63) is 46.9 Å². The summed E-state index contributed by atoms with van der Waals surface area (Å²) in [5.74, 6) is 1.33. The molecule has 0 saturated heterocycles. The minimum absolute atomic E-state index is 0.439. The molecule has 0 aromatic carbocycles. The topological polar surface area (TPSA) is 61.0 Å². The van der Waals surface area contributed by atoms with Crippen LogP contribution >= 0.6 is 0 Å². The van der Waals surface area contributed by atoms with Gasteiger partial charge in [-0.2, -0.15) is 0 Å². The van der Waals surface area contributed by atoms with E-state index in [4.69, 9.17) is 10.5 Å². The zero-order chi connectivity index (χ0) is 13.9. The van der Waals surface area contributed by atoms with Crippen molar-refractivity contribution in [3.8, 4) is 11.6 Å². The number of rotatable bonds is 3. The summed E-state index contributed by atoms with van der Waals surface area (Å²) in [6.45, 7) is 2.39. The maximum atomic E-state index is 5.87. The molecule has 0 atom stereocenters. The quantitative estimate of drug-likeness (QED) is 0.930. The number of nitrogens with zero attached hydrogens (tertiary/aromatic N) is 2. The summed E-state index contributed by atoms with van der Waals surface area (Å²) in [4.78, 5) is 8.91. The molecule has 1 aliphatic rings. The lowest BCUT2D eigenvalue weighted by Gasteiger charge is -2.18. The number of nitrogens with two attached hydrogens (primary N) is 1. The van der Waals surface area contributed by atoms with Gasteiger partial charge in [-0.1, -0.05) is 0 Å². The van der Waals surface area contributed by atoms with Crippen molar-refractivity contribution in [2.75, 3.05) is 0 Å². The monoisotopic (exact) mass is 269 g/mol. The third-order valence-corrected chi connectivity index (χ3v) is 3.66. The van der Waals surface area contributed by atoms with E-state index < -0.39 is 0 Å². The zero-order valence-electron chi connectivity index (χ0n) is 11.7. The molecule has 104 valence electrons. The first-order chi connectivity index (χ1) is 9.76. The molecule has 2 heterocycles. The van der Waals surface area contributed by atoms with Crippen molar-refractivity contribution < 1.29 is 4.74 Å². The average molecular weight is 269 g/mol. The average Bonchev–Trinajstić information content (AvgIpc) is 2.49. The lowest BCUT2D eigenvalue weighted by Crippen LogP contribution is -2.10. The highest BCUT2D eigenvalue weighted by molar-refractivity contribution is 5.38. The van der Waals surface area contributed by atoms with Crippen LogP contribution in [0.1, 0.15) is 35.4 Å². The molecule has 1 aliphatic carbocycles. The molecule has 2 N–H and O–H groups in total. The second kappa shape index (κ2) is 5.59. The van der Waals surface area contributed by atoms with Crippen LogP contribution < -0.4 is 10.5 Å². The zero-order valence-corrected chi connectivity index (χ0v) is 11.7. The molecule has 4 heteroatoms. The lowest BCUT2D eigenvalue weighted by atomic mass is 9.95. The normalized spacial score (nSPS) is 13.9. The van der Waals surface area contributed by atoms with Crippen LogP contribution in [0.15, 0.2) is 24.4 Å². The van der Waals surface area contributed by atoms with E-state index in [0.717, 1.165) is 29.8 Å². The minimum atomic E-state index is 0.439. The van der Waals surface area contributed by atoms with Crippen molar-refractivity contribution in [2.24, 2.45) is 5.73 Å². The summed E-state index contributed by atoms with van der Waals surface area (Å²) in [5, 5.41) is 0. The smallest absolute Gasteiger partial charge is 0.224 e. The number of hydrogen-bond donors (Lipinski definition) is 1. The number of aromatic nitrogens is 2. The van der Waals surface area contributed by atoms with Crippen LogP contribution in [0, 0.1) is 6.92 Å². The molecule has 0 aliphatic heterocycles. The molecule has 2 aromatic rings. The van der Waals surface area contributed by atoms with Gasteiger partial charge in [0.05, 0.1) is 6.20 Å². The van der Waals surface area contributed by atoms with Gasteiger partial charge in [-0.15, -0.1) is 0 Å². The summed E-state index contributed by atoms with van der Waals surface area (Å²) in [6, 6.07) is 5.98. The summed E-state index contributed by atoms with van der Waals surface area (Å²) >= 11 is 0. The molecule has 0 fully saturated rings. The SMILES string of the molecule is Cc1ccc(Oc2nc3c(cc2CN)CCCC3)cn1. The first-order valence-corrected chi connectivity index (χ1v) is 7.08. The van der Waals surface area contributed by atoms with Crippen LogP contribution in [-0.2, 0) is 19.4 Å². The molecular formula is C16H19N3O. The summed E-state index contributed by atoms with van der Waals surface area (Å²) in [6.07, 6.45) is 6.29. The van der Waals surface area contributed by atoms with Gasteiger partial charge in [-0.05, 0) is 56.4 Å². The van der Waals surface area contributed by atoms with Gasteiger partial charge in [0.25, 0.3) is 0 Å². The van der Waals surface area contributed by atoms with E-state index in [2.05, 4.69) is 16.0 Å². The predicted octanol–water partition coefficient (Wildman–Crippen LogP) is 2.91. The van der Waals surface area contributed by atoms with Gasteiger partial charge in [-0.25, -0.2) is 4.98 Å². The molecule has 0 unspecified atom stereocenters. The lowest BCUT2D eigenvalue weighted by molar-refractivity contribution is 0.449. The third kappa shape index (κ3) is 2.65. The highest BCUT2D eigenvalue weighted by Gasteiger charge is 2.15. The highest BCUT2D eigenvalue weighted by Crippen LogP contribution is 2.28. The van der Waals surface area contributed by atoms with Gasteiger partial charge in [0.1, 0.15) is 5.75 Å². The molecule has 20 heavy (non-hydrogen) atoms. The number of hydrogen-bond acceptors (Lipinski definition) is 4. The Balaban J connectivity index is 1.93. The van der Waals surface area contributed by atoms with Crippen molar-refractivity contribution >= 4 is 0 Å². The van der Waals surface area contributed by atoms with E-state index in [9.17, 15) is 0 Å². The third-order valence-electron chi connectivity index (χ3n) is 3.66. The molecule has 0 radical (unpaired) electrons. The van der Waals surface area contributed by atoms with Gasteiger partial charge in [0.2, 0.25) is 5.88 Å². The van der Waals surface area contributed by atoms with Crippen LogP contribution in [0.2, 0.25) is 0 Å². The number of fused-ring (bicyclic) bond motifs is 1. The van der Waals surface area contributed by atoms with Crippen molar-refractivity contribution in [2.45, 2.75) is 39.2 Å².